The lowest BCUT2D eigenvalue weighted by Crippen LogP contribution is -2.55. The first kappa shape index (κ1) is 54.3. The Kier molecular flexibility index (Phi) is 10.6. The molecule has 4 aromatic heterocycles. The van der Waals surface area contributed by atoms with Crippen molar-refractivity contribution in [3.63, 3.8) is 0 Å². The van der Waals surface area contributed by atoms with Gasteiger partial charge in [0.1, 0.15) is 0 Å². The summed E-state index contributed by atoms with van der Waals surface area (Å²) < 4.78 is 11.1. The molecule has 0 fully saturated rings. The summed E-state index contributed by atoms with van der Waals surface area (Å²) in [5.74, 6) is 0. The zero-order valence-corrected chi connectivity index (χ0v) is 56.1. The normalized spacial score (nSPS) is 13.2. The fourth-order valence-corrected chi connectivity index (χ4v) is 20.2. The van der Waals surface area contributed by atoms with Crippen molar-refractivity contribution < 1.29 is 0 Å². The van der Waals surface area contributed by atoms with Gasteiger partial charge in [-0.3, -0.25) is 0 Å². The van der Waals surface area contributed by atoms with Gasteiger partial charge in [-0.25, -0.2) is 0 Å². The number of para-hydroxylation sites is 2. The number of fused-ring (bicyclic) bond motifs is 19. The highest BCUT2D eigenvalue weighted by molar-refractivity contribution is 6.92. The van der Waals surface area contributed by atoms with Crippen LogP contribution in [-0.2, 0) is 0 Å². The number of aryl methyl sites for hydroxylation is 14. The summed E-state index contributed by atoms with van der Waals surface area (Å²) in [6.07, 6.45) is 0. The summed E-state index contributed by atoms with van der Waals surface area (Å²) in [6.45, 7) is 31.8. The Bertz CT molecular complexity index is 5860. The molecular formula is C88H70B2N4. The molecule has 4 aliphatic rings. The number of rotatable bonds is 4. The second-order valence-corrected chi connectivity index (χ2v) is 29.2. The summed E-state index contributed by atoms with van der Waals surface area (Å²) in [6, 6.07) is 68.3. The monoisotopic (exact) mass is 1200 g/mol. The maximum absolute atomic E-state index is 2.87. The largest absolute Gasteiger partial charge is 0.374 e. The van der Waals surface area contributed by atoms with Crippen LogP contribution in [0.5, 0.6) is 0 Å². The van der Waals surface area contributed by atoms with Crippen LogP contribution in [-0.4, -0.2) is 31.8 Å². The molecule has 8 heterocycles. The molecule has 0 saturated heterocycles. The standard InChI is InChI=1S/C88H70B2N4/c1-43-29-49(7)75(50(8)30-43)57-23-27-71-65(37-57)67-39-59(77-53(11)33-45(3)34-54(77)12)41-69-85(67)91(71)73-25-21-47(5)79-61-17-15-19-63-83(61)93(89(69)81(73)79)87-64-20-16-18-62-80-48(6)22-26-74-82(80)90(94(84(62)64)88(63)87)70-42-60(78-55(13)35-46(4)36-56(78)14)40-68-66-38-58(24-28-72(66)92(74)86(68)70)76-51(9)31-44(2)32-52(76)10/h15-42H,1-14H3. The predicted octanol–water partition coefficient (Wildman–Crippen LogP) is 19.8. The number of nitrogens with zero attached hydrogens (tertiary/aromatic N) is 4. The smallest absolute Gasteiger partial charge is 0.333 e. The molecule has 16 aromatic rings. The van der Waals surface area contributed by atoms with Crippen LogP contribution in [0.4, 0.5) is 0 Å². The predicted molar refractivity (Wildman–Crippen MR) is 403 cm³/mol. The van der Waals surface area contributed by atoms with Crippen molar-refractivity contribution in [1.82, 2.24) is 18.1 Å². The second-order valence-electron chi connectivity index (χ2n) is 29.2. The molecule has 4 aliphatic heterocycles. The van der Waals surface area contributed by atoms with Crippen LogP contribution in [0.15, 0.2) is 170 Å². The van der Waals surface area contributed by atoms with Crippen LogP contribution >= 0.6 is 0 Å². The molecule has 0 radical (unpaired) electrons. The van der Waals surface area contributed by atoms with Crippen molar-refractivity contribution in [2.45, 2.75) is 96.9 Å². The quantitative estimate of drug-likeness (QED) is 0.157. The van der Waals surface area contributed by atoms with E-state index in [1.807, 2.05) is 0 Å². The Morgan fingerprint density at radius 1 is 0.245 bits per heavy atom. The van der Waals surface area contributed by atoms with Crippen LogP contribution in [0.25, 0.3) is 155 Å². The molecule has 0 amide bonds. The van der Waals surface area contributed by atoms with Gasteiger partial charge in [0.05, 0.1) is 33.1 Å². The average molecular weight is 1210 g/mol. The number of hydrogen-bond acceptors (Lipinski definition) is 0. The Morgan fingerprint density at radius 3 is 0.926 bits per heavy atom. The van der Waals surface area contributed by atoms with E-state index in [-0.39, 0.29) is 13.7 Å². The maximum Gasteiger partial charge on any atom is 0.333 e. The lowest BCUT2D eigenvalue weighted by Gasteiger charge is -2.35. The summed E-state index contributed by atoms with van der Waals surface area (Å²) in [5.41, 5.74) is 52.4. The molecule has 6 heteroatoms. The van der Waals surface area contributed by atoms with Crippen molar-refractivity contribution >= 4 is 112 Å². The van der Waals surface area contributed by atoms with Crippen molar-refractivity contribution in [3.05, 3.63) is 248 Å². The van der Waals surface area contributed by atoms with Gasteiger partial charge in [-0.15, -0.1) is 0 Å². The third-order valence-electron chi connectivity index (χ3n) is 22.9. The molecule has 448 valence electrons. The van der Waals surface area contributed by atoms with Crippen molar-refractivity contribution in [2.75, 3.05) is 0 Å². The molecule has 20 rings (SSSR count). The molecular weight excluding hydrogens is 1130 g/mol. The molecule has 0 spiro atoms. The first-order chi connectivity index (χ1) is 45.4. The Balaban J connectivity index is 0.936. The number of aromatic nitrogens is 4. The van der Waals surface area contributed by atoms with Crippen LogP contribution in [0.3, 0.4) is 0 Å². The van der Waals surface area contributed by atoms with Crippen molar-refractivity contribution in [1.29, 1.82) is 0 Å². The van der Waals surface area contributed by atoms with Gasteiger partial charge >= 0.3 is 13.7 Å². The minimum atomic E-state index is -0.152. The van der Waals surface area contributed by atoms with Crippen LogP contribution < -0.4 is 21.9 Å². The number of benzene rings is 12. The molecule has 12 aromatic carbocycles. The van der Waals surface area contributed by atoms with Crippen molar-refractivity contribution in [3.8, 4) is 78.1 Å². The average Bonchev–Trinajstić information content (AvgIpc) is 1.47. The van der Waals surface area contributed by atoms with Crippen LogP contribution in [0, 0.1) is 96.9 Å². The van der Waals surface area contributed by atoms with E-state index in [1.165, 1.54) is 254 Å². The lowest BCUT2D eigenvalue weighted by molar-refractivity contribution is 1.17. The Labute approximate surface area is 549 Å². The van der Waals surface area contributed by atoms with Gasteiger partial charge in [0, 0.05) is 65.9 Å². The zero-order chi connectivity index (χ0) is 63.8. The molecule has 0 N–H and O–H groups in total. The summed E-state index contributed by atoms with van der Waals surface area (Å²) in [5, 5.41) is 7.79. The van der Waals surface area contributed by atoms with Crippen LogP contribution in [0.1, 0.15) is 77.9 Å². The second kappa shape index (κ2) is 18.3. The minimum absolute atomic E-state index is 0.152. The SMILES string of the molecule is Cc1cc(C)c(-c2ccc3c(c2)c2cc(-c4c(C)cc(C)cc4C)cc4c2n3-c2ccc(C)c3c2B4n2c4c-3cccc4c3c2c2cccc4c2n3B2c3c(ccc(C)c3-4)-n3c4ccc(-c5c(C)cc(C)cc5C)cc4c4cc(-c5c(C)cc(C)cc5C)cc2c43)c(C)c1. The minimum Gasteiger partial charge on any atom is -0.374 e. The van der Waals surface area contributed by atoms with E-state index in [2.05, 4.69) is 285 Å². The fourth-order valence-electron chi connectivity index (χ4n) is 20.2. The van der Waals surface area contributed by atoms with E-state index in [0.717, 1.165) is 0 Å². The van der Waals surface area contributed by atoms with E-state index >= 15 is 0 Å². The highest BCUT2D eigenvalue weighted by Crippen LogP contribution is 2.52. The van der Waals surface area contributed by atoms with Gasteiger partial charge < -0.3 is 18.1 Å². The van der Waals surface area contributed by atoms with Crippen molar-refractivity contribution in [2.24, 2.45) is 0 Å². The third-order valence-corrected chi connectivity index (χ3v) is 22.9. The third kappa shape index (κ3) is 6.71. The molecule has 0 aliphatic carbocycles. The lowest BCUT2D eigenvalue weighted by atomic mass is 9.45. The van der Waals surface area contributed by atoms with Gasteiger partial charge in [-0.2, -0.15) is 0 Å². The molecule has 0 saturated carbocycles. The van der Waals surface area contributed by atoms with E-state index in [9.17, 15) is 0 Å². The van der Waals surface area contributed by atoms with Gasteiger partial charge in [0.2, 0.25) is 0 Å². The molecule has 0 unspecified atom stereocenters. The first-order valence-corrected chi connectivity index (χ1v) is 33.9. The maximum atomic E-state index is 2.87. The van der Waals surface area contributed by atoms with Crippen LogP contribution in [0.2, 0.25) is 0 Å². The van der Waals surface area contributed by atoms with Gasteiger partial charge in [-0.1, -0.05) is 144 Å². The summed E-state index contributed by atoms with van der Waals surface area (Å²) in [4.78, 5) is 0. The molecule has 0 atom stereocenters. The summed E-state index contributed by atoms with van der Waals surface area (Å²) in [7, 11) is 0. The fraction of sp³-hybridized carbons (Fsp3) is 0.159. The van der Waals surface area contributed by atoms with Gasteiger partial charge in [0.25, 0.3) is 0 Å². The van der Waals surface area contributed by atoms with E-state index in [0.29, 0.717) is 0 Å². The van der Waals surface area contributed by atoms with Gasteiger partial charge in [0.15, 0.2) is 0 Å². The highest BCUT2D eigenvalue weighted by atomic mass is 15.1. The van der Waals surface area contributed by atoms with E-state index in [4.69, 9.17) is 0 Å². The number of hydrogen-bond donors (Lipinski definition) is 0. The highest BCUT2D eigenvalue weighted by Gasteiger charge is 2.47. The molecule has 94 heavy (non-hydrogen) atoms. The Hall–Kier alpha value is -10.3. The van der Waals surface area contributed by atoms with E-state index < -0.39 is 0 Å². The molecule has 4 nitrogen and oxygen atoms in total. The topological polar surface area (TPSA) is 19.7 Å². The zero-order valence-electron chi connectivity index (χ0n) is 56.1. The first-order valence-electron chi connectivity index (χ1n) is 33.9. The van der Waals surface area contributed by atoms with E-state index in [1.54, 1.807) is 0 Å². The van der Waals surface area contributed by atoms with Gasteiger partial charge in [-0.05, 0) is 279 Å². The summed E-state index contributed by atoms with van der Waals surface area (Å²) >= 11 is 0. The Morgan fingerprint density at radius 2 is 0.574 bits per heavy atom. The molecule has 0 bridgehead atoms.